The molecule has 0 heterocycles. The number of anilines is 1. The molecule has 0 N–H and O–H groups in total. The highest BCUT2D eigenvalue weighted by atomic mass is 32.2. The highest BCUT2D eigenvalue weighted by molar-refractivity contribution is 7.92. The molecule has 0 aliphatic rings. The number of benzene rings is 2. The number of carbonyl (C=O) groups excluding carboxylic acids is 2. The molecule has 0 aromatic heterocycles. The number of aryl methyl sites for hydroxylation is 1. The molecule has 0 amide bonds. The number of esters is 1. The summed E-state index contributed by atoms with van der Waals surface area (Å²) >= 11 is 0. The standard InChI is InChI=1S/C23H29NO7S/c1-5-29-22(26)18-10-12-19(13-11-18)24(16-21(25)23(30-6-2)31-7-3)32(27,28)20-14-8-17(4)9-15-20/h8-15,23H,5-7,16H2,1-4H3. The molecule has 0 saturated carbocycles. The first-order valence-electron chi connectivity index (χ1n) is 10.4. The number of rotatable bonds is 12. The summed E-state index contributed by atoms with van der Waals surface area (Å²) in [5.41, 5.74) is 1.40. The molecule has 2 rings (SSSR count). The van der Waals surface area contributed by atoms with Crippen molar-refractivity contribution in [2.24, 2.45) is 0 Å². The van der Waals surface area contributed by atoms with E-state index in [2.05, 4.69) is 0 Å². The zero-order chi connectivity index (χ0) is 23.7. The van der Waals surface area contributed by atoms with E-state index in [9.17, 15) is 18.0 Å². The van der Waals surface area contributed by atoms with Gasteiger partial charge >= 0.3 is 5.97 Å². The lowest BCUT2D eigenvalue weighted by atomic mass is 10.2. The van der Waals surface area contributed by atoms with Crippen molar-refractivity contribution in [3.05, 3.63) is 59.7 Å². The molecule has 0 radical (unpaired) electrons. The molecule has 32 heavy (non-hydrogen) atoms. The Morgan fingerprint density at radius 1 is 0.875 bits per heavy atom. The van der Waals surface area contributed by atoms with E-state index in [0.29, 0.717) is 0 Å². The minimum Gasteiger partial charge on any atom is -0.462 e. The van der Waals surface area contributed by atoms with Gasteiger partial charge in [0.1, 0.15) is 0 Å². The third kappa shape index (κ3) is 6.38. The van der Waals surface area contributed by atoms with Crippen LogP contribution >= 0.6 is 0 Å². The molecule has 2 aromatic rings. The highest BCUT2D eigenvalue weighted by Crippen LogP contribution is 2.25. The Labute approximate surface area is 189 Å². The van der Waals surface area contributed by atoms with E-state index in [1.165, 1.54) is 36.4 Å². The third-order valence-corrected chi connectivity index (χ3v) is 6.26. The zero-order valence-corrected chi connectivity index (χ0v) is 19.6. The first-order chi connectivity index (χ1) is 15.2. The second kappa shape index (κ2) is 11.8. The van der Waals surface area contributed by atoms with Gasteiger partial charge in [-0.3, -0.25) is 9.10 Å². The van der Waals surface area contributed by atoms with Gasteiger partial charge in [-0.2, -0.15) is 0 Å². The Morgan fingerprint density at radius 3 is 1.94 bits per heavy atom. The van der Waals surface area contributed by atoms with Crippen LogP contribution < -0.4 is 4.31 Å². The summed E-state index contributed by atoms with van der Waals surface area (Å²) in [5.74, 6) is -1.06. The van der Waals surface area contributed by atoms with Gasteiger partial charge in [0.25, 0.3) is 10.0 Å². The van der Waals surface area contributed by atoms with Gasteiger partial charge in [0.2, 0.25) is 12.1 Å². The van der Waals surface area contributed by atoms with E-state index in [4.69, 9.17) is 14.2 Å². The molecule has 8 nitrogen and oxygen atoms in total. The molecule has 0 aliphatic carbocycles. The Kier molecular flexibility index (Phi) is 9.37. The maximum Gasteiger partial charge on any atom is 0.338 e. The number of ketones is 1. The van der Waals surface area contributed by atoms with Crippen molar-refractivity contribution in [3.63, 3.8) is 0 Å². The monoisotopic (exact) mass is 463 g/mol. The zero-order valence-electron chi connectivity index (χ0n) is 18.7. The van der Waals surface area contributed by atoms with Crippen molar-refractivity contribution >= 4 is 27.5 Å². The van der Waals surface area contributed by atoms with Crippen LogP contribution in [-0.4, -0.2) is 52.8 Å². The Balaban J connectivity index is 2.45. The summed E-state index contributed by atoms with van der Waals surface area (Å²) < 4.78 is 43.5. The molecular formula is C23H29NO7S. The predicted octanol–water partition coefficient (Wildman–Crippen LogP) is 3.34. The normalized spacial score (nSPS) is 11.4. The maximum absolute atomic E-state index is 13.4. The minimum absolute atomic E-state index is 0.0368. The SMILES string of the molecule is CCOC(=O)c1ccc(N(CC(=O)C(OCC)OCC)S(=O)(=O)c2ccc(C)cc2)cc1. The highest BCUT2D eigenvalue weighted by Gasteiger charge is 2.30. The topological polar surface area (TPSA) is 99.2 Å². The fraction of sp³-hybridized carbons (Fsp3) is 0.391. The van der Waals surface area contributed by atoms with E-state index < -0.39 is 34.6 Å². The lowest BCUT2D eigenvalue weighted by Crippen LogP contribution is -2.41. The van der Waals surface area contributed by atoms with Gasteiger partial charge in [-0.15, -0.1) is 0 Å². The Hall–Kier alpha value is -2.75. The second-order valence-corrected chi connectivity index (χ2v) is 8.66. The fourth-order valence-corrected chi connectivity index (χ4v) is 4.31. The molecule has 9 heteroatoms. The number of ether oxygens (including phenoxy) is 3. The van der Waals surface area contributed by atoms with Crippen molar-refractivity contribution in [2.45, 2.75) is 38.9 Å². The van der Waals surface area contributed by atoms with Gasteiger partial charge in [-0.05, 0) is 64.1 Å². The van der Waals surface area contributed by atoms with Crippen LogP contribution in [0.3, 0.4) is 0 Å². The Morgan fingerprint density at radius 2 is 1.44 bits per heavy atom. The van der Waals surface area contributed by atoms with Crippen molar-refractivity contribution in [1.29, 1.82) is 0 Å². The predicted molar refractivity (Wildman–Crippen MR) is 120 cm³/mol. The maximum atomic E-state index is 13.4. The lowest BCUT2D eigenvalue weighted by Gasteiger charge is -2.26. The van der Waals surface area contributed by atoms with Gasteiger partial charge in [0.05, 0.1) is 29.3 Å². The largest absolute Gasteiger partial charge is 0.462 e. The molecule has 0 atom stereocenters. The lowest BCUT2D eigenvalue weighted by molar-refractivity contribution is -0.166. The molecule has 0 fully saturated rings. The van der Waals surface area contributed by atoms with Crippen LogP contribution in [0.1, 0.15) is 36.7 Å². The number of hydrogen-bond acceptors (Lipinski definition) is 7. The van der Waals surface area contributed by atoms with Crippen molar-refractivity contribution < 1.29 is 32.2 Å². The van der Waals surface area contributed by atoms with Crippen molar-refractivity contribution in [3.8, 4) is 0 Å². The van der Waals surface area contributed by atoms with Crippen LogP contribution in [-0.2, 0) is 29.0 Å². The second-order valence-electron chi connectivity index (χ2n) is 6.80. The molecule has 0 unspecified atom stereocenters. The smallest absolute Gasteiger partial charge is 0.338 e. The van der Waals surface area contributed by atoms with Crippen LogP contribution in [0.4, 0.5) is 5.69 Å². The van der Waals surface area contributed by atoms with Gasteiger partial charge in [0.15, 0.2) is 0 Å². The molecule has 0 spiro atoms. The van der Waals surface area contributed by atoms with E-state index in [1.807, 2.05) is 6.92 Å². The fourth-order valence-electron chi connectivity index (χ4n) is 2.88. The van der Waals surface area contributed by atoms with E-state index >= 15 is 0 Å². The van der Waals surface area contributed by atoms with Crippen LogP contribution in [0, 0.1) is 6.92 Å². The van der Waals surface area contributed by atoms with Crippen molar-refractivity contribution in [1.82, 2.24) is 0 Å². The average Bonchev–Trinajstić information content (AvgIpc) is 2.77. The molecule has 0 bridgehead atoms. The third-order valence-electron chi connectivity index (χ3n) is 4.47. The Bertz CT molecular complexity index is 996. The molecule has 2 aromatic carbocycles. The summed E-state index contributed by atoms with van der Waals surface area (Å²) in [5, 5.41) is 0. The van der Waals surface area contributed by atoms with Gasteiger partial charge in [-0.1, -0.05) is 17.7 Å². The van der Waals surface area contributed by atoms with Crippen LogP contribution in [0.5, 0.6) is 0 Å². The van der Waals surface area contributed by atoms with E-state index in [1.54, 1.807) is 32.9 Å². The number of hydrogen-bond donors (Lipinski definition) is 0. The molecule has 174 valence electrons. The minimum atomic E-state index is -4.09. The number of Topliss-reactive ketones (excluding diaryl/α,β-unsaturated/α-hetero) is 1. The number of sulfonamides is 1. The van der Waals surface area contributed by atoms with Gasteiger partial charge in [0, 0.05) is 13.2 Å². The molecule has 0 saturated heterocycles. The molecule has 0 aliphatic heterocycles. The summed E-state index contributed by atoms with van der Waals surface area (Å²) in [6, 6.07) is 12.2. The van der Waals surface area contributed by atoms with Crippen LogP contribution in [0.2, 0.25) is 0 Å². The summed E-state index contributed by atoms with van der Waals surface area (Å²) in [4.78, 5) is 24.9. The number of nitrogens with zero attached hydrogens (tertiary/aromatic N) is 1. The van der Waals surface area contributed by atoms with Gasteiger partial charge < -0.3 is 14.2 Å². The van der Waals surface area contributed by atoms with Crippen LogP contribution in [0.25, 0.3) is 0 Å². The quantitative estimate of drug-likeness (QED) is 0.352. The van der Waals surface area contributed by atoms with E-state index in [-0.39, 0.29) is 36.0 Å². The van der Waals surface area contributed by atoms with E-state index in [0.717, 1.165) is 9.87 Å². The summed E-state index contributed by atoms with van der Waals surface area (Å²) in [7, 11) is -4.09. The van der Waals surface area contributed by atoms with Crippen LogP contribution in [0.15, 0.2) is 53.4 Å². The van der Waals surface area contributed by atoms with Crippen molar-refractivity contribution in [2.75, 3.05) is 30.7 Å². The average molecular weight is 464 g/mol. The summed E-state index contributed by atoms with van der Waals surface area (Å²) in [6.45, 7) is 7.16. The first-order valence-corrected chi connectivity index (χ1v) is 11.8. The number of carbonyl (C=O) groups is 2. The molecular weight excluding hydrogens is 434 g/mol. The summed E-state index contributed by atoms with van der Waals surface area (Å²) in [6.07, 6.45) is -1.18. The first kappa shape index (κ1) is 25.5. The van der Waals surface area contributed by atoms with Gasteiger partial charge in [-0.25, -0.2) is 13.2 Å².